The fourth-order valence-corrected chi connectivity index (χ4v) is 8.29. The zero-order valence-corrected chi connectivity index (χ0v) is 33.8. The normalized spacial score (nSPS) is 17.9. The molecular formula is C43H52N8O7. The molecule has 0 spiro atoms. The van der Waals surface area contributed by atoms with Gasteiger partial charge in [0.1, 0.15) is 23.7 Å². The minimum absolute atomic E-state index is 0.128. The van der Waals surface area contributed by atoms with Gasteiger partial charge in [-0.05, 0) is 95.7 Å². The number of nitrogens with zero attached hydrogens (tertiary/aromatic N) is 4. The average Bonchev–Trinajstić information content (AvgIpc) is 4.05. The second-order valence-electron chi connectivity index (χ2n) is 15.8. The van der Waals surface area contributed by atoms with Crippen molar-refractivity contribution in [3.05, 3.63) is 71.8 Å². The van der Waals surface area contributed by atoms with Crippen LogP contribution < -0.4 is 10.6 Å². The molecule has 4 heterocycles. The number of fused-ring (bicyclic) bond motifs is 2. The number of methoxy groups -OCH3 is 2. The molecule has 5 aromatic rings. The summed E-state index contributed by atoms with van der Waals surface area (Å²) in [5.41, 5.74) is 7.58. The van der Waals surface area contributed by atoms with E-state index in [2.05, 4.69) is 20.6 Å². The predicted octanol–water partition coefficient (Wildman–Crippen LogP) is 6.35. The summed E-state index contributed by atoms with van der Waals surface area (Å²) < 4.78 is 9.54. The Hall–Kier alpha value is -5.96. The number of carbonyl (C=O) groups is 4. The van der Waals surface area contributed by atoms with E-state index in [0.29, 0.717) is 24.7 Å². The molecule has 15 nitrogen and oxygen atoms in total. The van der Waals surface area contributed by atoms with Gasteiger partial charge < -0.3 is 45.0 Å². The lowest BCUT2D eigenvalue weighted by molar-refractivity contribution is -0.136. The van der Waals surface area contributed by atoms with Crippen LogP contribution in [0.25, 0.3) is 44.3 Å². The Morgan fingerprint density at radius 3 is 1.78 bits per heavy atom. The van der Waals surface area contributed by atoms with E-state index in [1.54, 1.807) is 9.80 Å². The highest BCUT2D eigenvalue weighted by molar-refractivity contribution is 5.89. The molecule has 0 radical (unpaired) electrons. The first-order valence-corrected chi connectivity index (χ1v) is 19.9. The quantitative estimate of drug-likeness (QED) is 0.101. The number of alkyl carbamates (subject to hydrolysis) is 2. The van der Waals surface area contributed by atoms with Gasteiger partial charge in [-0.3, -0.25) is 9.59 Å². The van der Waals surface area contributed by atoms with E-state index in [1.807, 2.05) is 82.3 Å². The number of likely N-dealkylation sites (tertiary alicyclic amines) is 2. The van der Waals surface area contributed by atoms with Gasteiger partial charge in [0.15, 0.2) is 0 Å². The van der Waals surface area contributed by atoms with Gasteiger partial charge in [-0.2, -0.15) is 0 Å². The molecule has 4 atom stereocenters. The molecule has 5 N–H and O–H groups in total. The number of H-pyrrole nitrogens is 2. The van der Waals surface area contributed by atoms with Crippen LogP contribution in [0.2, 0.25) is 0 Å². The van der Waals surface area contributed by atoms with Gasteiger partial charge in [-0.25, -0.2) is 19.6 Å². The molecular weight excluding hydrogens is 741 g/mol. The molecule has 3 aromatic carbocycles. The third-order valence-electron chi connectivity index (χ3n) is 11.4. The number of aliphatic hydroxyl groups is 1. The number of amides is 4. The molecule has 2 saturated heterocycles. The number of ether oxygens (including phenoxy) is 2. The van der Waals surface area contributed by atoms with E-state index in [-0.39, 0.29) is 42.3 Å². The van der Waals surface area contributed by atoms with E-state index < -0.39 is 24.3 Å². The maximum Gasteiger partial charge on any atom is 0.407 e. The average molecular weight is 793 g/mol. The fraction of sp³-hybridized carbons (Fsp3) is 0.442. The summed E-state index contributed by atoms with van der Waals surface area (Å²) >= 11 is 0. The van der Waals surface area contributed by atoms with Gasteiger partial charge in [0.05, 0.1) is 55.0 Å². The van der Waals surface area contributed by atoms with Crippen molar-refractivity contribution in [3.8, 4) is 22.3 Å². The Morgan fingerprint density at radius 2 is 1.22 bits per heavy atom. The third-order valence-corrected chi connectivity index (χ3v) is 11.4. The zero-order chi connectivity index (χ0) is 41.2. The number of rotatable bonds is 11. The van der Waals surface area contributed by atoms with Crippen LogP contribution in [0.4, 0.5) is 9.59 Å². The second-order valence-corrected chi connectivity index (χ2v) is 15.8. The van der Waals surface area contributed by atoms with Crippen LogP contribution in [0.1, 0.15) is 82.7 Å². The molecule has 2 aromatic heterocycles. The van der Waals surface area contributed by atoms with Crippen molar-refractivity contribution in [2.75, 3.05) is 27.3 Å². The number of hydrogen-bond donors (Lipinski definition) is 5. The number of hydrogen-bond acceptors (Lipinski definition) is 9. The molecule has 15 heteroatoms. The van der Waals surface area contributed by atoms with E-state index in [1.165, 1.54) is 14.2 Å². The first-order valence-electron chi connectivity index (χ1n) is 19.9. The molecule has 2 aliphatic rings. The van der Waals surface area contributed by atoms with Crippen LogP contribution in [0, 0.1) is 11.8 Å². The minimum Gasteiger partial charge on any atom is -0.453 e. The lowest BCUT2D eigenvalue weighted by atomic mass is 9.95. The predicted molar refractivity (Wildman–Crippen MR) is 218 cm³/mol. The number of imidazole rings is 2. The first kappa shape index (κ1) is 40.2. The largest absolute Gasteiger partial charge is 0.453 e. The minimum atomic E-state index is -0.718. The molecule has 2 aliphatic heterocycles. The van der Waals surface area contributed by atoms with Crippen molar-refractivity contribution in [1.29, 1.82) is 0 Å². The maximum atomic E-state index is 13.7. The van der Waals surface area contributed by atoms with Crippen LogP contribution in [-0.2, 0) is 25.7 Å². The van der Waals surface area contributed by atoms with Crippen molar-refractivity contribution in [2.24, 2.45) is 11.8 Å². The summed E-state index contributed by atoms with van der Waals surface area (Å²) in [5, 5.41) is 16.0. The van der Waals surface area contributed by atoms with Crippen molar-refractivity contribution >= 4 is 46.1 Å². The number of carbonyl (C=O) groups excluding carboxylic acids is 4. The van der Waals surface area contributed by atoms with Gasteiger partial charge in [-0.15, -0.1) is 0 Å². The van der Waals surface area contributed by atoms with Gasteiger partial charge in [0.25, 0.3) is 0 Å². The standard InChI is InChI=1S/C43H52N8O7/c1-23(2)36(48-42(55)57-5)40(53)50-17-7-9-34(50)38-44-30-15-12-26(20-32(30)46-38)25-11-14-29(28(19-25)22-52)27-13-16-31-33(21-27)47-39(45-31)35-10-8-18-51(35)41(54)37(24(3)4)49-43(56)58-6/h11-16,19-21,23-24,34-37,52H,7-10,17-18,22H2,1-6H3,(H,44,46)(H,45,47)(H,48,55)(H,49,56)/t34-,35-,36-,37-/m0/s1. The smallest absolute Gasteiger partial charge is 0.407 e. The summed E-state index contributed by atoms with van der Waals surface area (Å²) in [6.45, 7) is 8.52. The highest BCUT2D eigenvalue weighted by Gasteiger charge is 2.39. The molecule has 306 valence electrons. The number of nitrogens with one attached hydrogen (secondary N) is 4. The molecule has 0 aliphatic carbocycles. The van der Waals surface area contributed by atoms with E-state index >= 15 is 0 Å². The summed E-state index contributed by atoms with van der Waals surface area (Å²) in [6.07, 6.45) is 1.86. The van der Waals surface area contributed by atoms with Crippen molar-refractivity contribution in [3.63, 3.8) is 0 Å². The van der Waals surface area contributed by atoms with Crippen LogP contribution >= 0.6 is 0 Å². The van der Waals surface area contributed by atoms with E-state index in [9.17, 15) is 24.3 Å². The van der Waals surface area contributed by atoms with Crippen LogP contribution in [0.15, 0.2) is 54.6 Å². The Bertz CT molecular complexity index is 2330. The molecule has 0 saturated carbocycles. The molecule has 0 bridgehead atoms. The van der Waals surface area contributed by atoms with Gasteiger partial charge in [0, 0.05) is 13.1 Å². The molecule has 2 fully saturated rings. The molecule has 4 amide bonds. The van der Waals surface area contributed by atoms with Crippen molar-refractivity contribution in [1.82, 2.24) is 40.4 Å². The van der Waals surface area contributed by atoms with E-state index in [0.717, 1.165) is 75.6 Å². The number of aromatic amines is 2. The van der Waals surface area contributed by atoms with Crippen LogP contribution in [-0.4, -0.2) is 98.2 Å². The monoisotopic (exact) mass is 792 g/mol. The van der Waals surface area contributed by atoms with Crippen LogP contribution in [0.5, 0.6) is 0 Å². The van der Waals surface area contributed by atoms with Gasteiger partial charge in [0.2, 0.25) is 11.8 Å². The number of aliphatic hydroxyl groups excluding tert-OH is 1. The second kappa shape index (κ2) is 16.9. The maximum absolute atomic E-state index is 13.7. The number of benzene rings is 3. The van der Waals surface area contributed by atoms with Crippen molar-refractivity contribution < 1.29 is 33.8 Å². The van der Waals surface area contributed by atoms with Gasteiger partial charge >= 0.3 is 12.2 Å². The Morgan fingerprint density at radius 1 is 0.707 bits per heavy atom. The highest BCUT2D eigenvalue weighted by Crippen LogP contribution is 2.37. The lowest BCUT2D eigenvalue weighted by Gasteiger charge is -2.29. The first-order chi connectivity index (χ1) is 27.9. The highest BCUT2D eigenvalue weighted by atomic mass is 16.5. The SMILES string of the molecule is COC(=O)N[C@H](C(=O)N1CCC[C@H]1c1nc2cc(-c3ccc(-c4ccc5nc([C@@H]6CCCN6C(=O)[C@@H](NC(=O)OC)C(C)C)[nH]c5c4)cc3CO)ccc2[nH]1)C(C)C. The lowest BCUT2D eigenvalue weighted by Crippen LogP contribution is -2.51. The molecule has 58 heavy (non-hydrogen) atoms. The van der Waals surface area contributed by atoms with E-state index in [4.69, 9.17) is 19.4 Å². The van der Waals surface area contributed by atoms with Crippen molar-refractivity contribution in [2.45, 2.75) is 84.2 Å². The molecule has 0 unspecified atom stereocenters. The fourth-order valence-electron chi connectivity index (χ4n) is 8.29. The topological polar surface area (TPSA) is 195 Å². The number of aromatic nitrogens is 4. The Kier molecular flexibility index (Phi) is 11.7. The molecule has 7 rings (SSSR count). The summed E-state index contributed by atoms with van der Waals surface area (Å²) in [7, 11) is 2.56. The zero-order valence-electron chi connectivity index (χ0n) is 33.8. The summed E-state index contributed by atoms with van der Waals surface area (Å²) in [4.78, 5) is 71.6. The Labute approximate surface area is 336 Å². The summed E-state index contributed by atoms with van der Waals surface area (Å²) in [5.74, 6) is 0.806. The van der Waals surface area contributed by atoms with Gasteiger partial charge in [-0.1, -0.05) is 52.0 Å². The van der Waals surface area contributed by atoms with Crippen LogP contribution in [0.3, 0.4) is 0 Å². The Balaban J connectivity index is 1.11. The third kappa shape index (κ3) is 7.95. The summed E-state index contributed by atoms with van der Waals surface area (Å²) in [6, 6.07) is 16.0.